The van der Waals surface area contributed by atoms with Crippen molar-refractivity contribution in [2.75, 3.05) is 0 Å². The van der Waals surface area contributed by atoms with Crippen molar-refractivity contribution in [1.29, 1.82) is 0 Å². The number of H-pyrrole nitrogens is 1. The van der Waals surface area contributed by atoms with Gasteiger partial charge in [0.2, 0.25) is 0 Å². The van der Waals surface area contributed by atoms with Crippen LogP contribution in [0.25, 0.3) is 16.9 Å². The summed E-state index contributed by atoms with van der Waals surface area (Å²) in [4.78, 5) is 7.27. The van der Waals surface area contributed by atoms with Gasteiger partial charge in [-0.05, 0) is 12.1 Å². The van der Waals surface area contributed by atoms with E-state index in [9.17, 15) is 0 Å². The Morgan fingerprint density at radius 1 is 1.29 bits per heavy atom. The van der Waals surface area contributed by atoms with Crippen LogP contribution < -0.4 is 0 Å². The highest BCUT2D eigenvalue weighted by atomic mass is 15.2. The van der Waals surface area contributed by atoms with Crippen molar-refractivity contribution >= 4 is 5.52 Å². The van der Waals surface area contributed by atoms with Gasteiger partial charge in [-0.2, -0.15) is 5.10 Å². The minimum atomic E-state index is 0.853. The molecule has 4 heteroatoms. The molecule has 0 amide bonds. The fourth-order valence-electron chi connectivity index (χ4n) is 1.53. The summed E-state index contributed by atoms with van der Waals surface area (Å²) in [6.07, 6.45) is 7.28. The maximum absolute atomic E-state index is 4.23. The molecule has 0 unspecified atom stereocenters. The van der Waals surface area contributed by atoms with E-state index < -0.39 is 0 Å². The van der Waals surface area contributed by atoms with Gasteiger partial charge in [0.15, 0.2) is 0 Å². The second-order valence-corrected chi connectivity index (χ2v) is 3.03. The van der Waals surface area contributed by atoms with Gasteiger partial charge >= 0.3 is 0 Å². The summed E-state index contributed by atoms with van der Waals surface area (Å²) in [5, 5.41) is 4.23. The number of nitrogens with zero attached hydrogens (tertiary/aromatic N) is 3. The van der Waals surface area contributed by atoms with Crippen molar-refractivity contribution < 1.29 is 0 Å². The first-order valence-electron chi connectivity index (χ1n) is 4.37. The molecule has 1 N–H and O–H groups in total. The monoisotopic (exact) mass is 184 g/mol. The summed E-state index contributed by atoms with van der Waals surface area (Å²) in [5.41, 5.74) is 2.08. The lowest BCUT2D eigenvalue weighted by atomic mass is 10.2. The Morgan fingerprint density at radius 2 is 2.29 bits per heavy atom. The van der Waals surface area contributed by atoms with E-state index in [1.165, 1.54) is 0 Å². The summed E-state index contributed by atoms with van der Waals surface area (Å²) >= 11 is 0. The molecule has 4 nitrogen and oxygen atoms in total. The average molecular weight is 184 g/mol. The van der Waals surface area contributed by atoms with Crippen LogP contribution in [0.2, 0.25) is 0 Å². The molecule has 0 atom stereocenters. The summed E-state index contributed by atoms with van der Waals surface area (Å²) in [6, 6.07) is 5.96. The van der Waals surface area contributed by atoms with Gasteiger partial charge in [-0.3, -0.25) is 0 Å². The van der Waals surface area contributed by atoms with Gasteiger partial charge in [0.25, 0.3) is 0 Å². The van der Waals surface area contributed by atoms with Crippen molar-refractivity contribution in [2.45, 2.75) is 0 Å². The Hall–Kier alpha value is -2.10. The zero-order valence-electron chi connectivity index (χ0n) is 7.38. The minimum absolute atomic E-state index is 0.853. The van der Waals surface area contributed by atoms with E-state index >= 15 is 0 Å². The molecule has 3 heterocycles. The topological polar surface area (TPSA) is 46.0 Å². The van der Waals surface area contributed by atoms with Gasteiger partial charge in [0, 0.05) is 18.6 Å². The first-order valence-corrected chi connectivity index (χ1v) is 4.37. The Balaban J connectivity index is 2.33. The summed E-state index contributed by atoms with van der Waals surface area (Å²) in [7, 11) is 0. The molecule has 0 aliphatic carbocycles. The van der Waals surface area contributed by atoms with Crippen LogP contribution >= 0.6 is 0 Å². The van der Waals surface area contributed by atoms with Crippen molar-refractivity contribution in [3.63, 3.8) is 0 Å². The van der Waals surface area contributed by atoms with Gasteiger partial charge in [-0.25, -0.2) is 9.50 Å². The van der Waals surface area contributed by atoms with Crippen molar-refractivity contribution in [2.24, 2.45) is 0 Å². The molecule has 0 aliphatic heterocycles. The SMILES string of the molecule is c1ccn2ncc(-c3ncc[nH]3)c2c1. The molecule has 0 aromatic carbocycles. The zero-order valence-corrected chi connectivity index (χ0v) is 7.38. The van der Waals surface area contributed by atoms with Crippen molar-refractivity contribution in [3.05, 3.63) is 43.0 Å². The number of aromatic amines is 1. The van der Waals surface area contributed by atoms with Crippen LogP contribution in [0, 0.1) is 0 Å². The smallest absolute Gasteiger partial charge is 0.141 e. The average Bonchev–Trinajstić information content (AvgIpc) is 2.85. The maximum atomic E-state index is 4.23. The first kappa shape index (κ1) is 7.32. The predicted molar refractivity (Wildman–Crippen MR) is 52.8 cm³/mol. The number of hydrogen-bond acceptors (Lipinski definition) is 2. The first-order chi connectivity index (χ1) is 6.95. The standard InChI is InChI=1S/C10H8N4/c1-2-6-14-9(3-1)8(7-13-14)10-11-4-5-12-10/h1-7H,(H,11,12). The van der Waals surface area contributed by atoms with E-state index in [2.05, 4.69) is 15.1 Å². The van der Waals surface area contributed by atoms with Gasteiger partial charge in [0.1, 0.15) is 5.82 Å². The molecule has 0 radical (unpaired) electrons. The number of rotatable bonds is 1. The van der Waals surface area contributed by atoms with Gasteiger partial charge in [-0.1, -0.05) is 6.07 Å². The Morgan fingerprint density at radius 3 is 3.14 bits per heavy atom. The number of nitrogens with one attached hydrogen (secondary N) is 1. The van der Waals surface area contributed by atoms with E-state index in [0.29, 0.717) is 0 Å². The van der Waals surface area contributed by atoms with E-state index in [1.54, 1.807) is 6.20 Å². The fraction of sp³-hybridized carbons (Fsp3) is 0. The molecule has 0 aliphatic rings. The van der Waals surface area contributed by atoms with Gasteiger partial charge < -0.3 is 4.98 Å². The largest absolute Gasteiger partial charge is 0.345 e. The van der Waals surface area contributed by atoms with E-state index in [0.717, 1.165) is 16.9 Å². The molecule has 3 rings (SSSR count). The fourth-order valence-corrected chi connectivity index (χ4v) is 1.53. The molecule has 68 valence electrons. The Bertz CT molecular complexity index is 550. The maximum Gasteiger partial charge on any atom is 0.141 e. The van der Waals surface area contributed by atoms with Crippen LogP contribution in [-0.4, -0.2) is 19.6 Å². The van der Waals surface area contributed by atoms with Gasteiger partial charge in [0.05, 0.1) is 17.3 Å². The molecule has 0 spiro atoms. The number of imidazole rings is 1. The Labute approximate surface area is 80.2 Å². The molecule has 0 saturated carbocycles. The second-order valence-electron chi connectivity index (χ2n) is 3.03. The van der Waals surface area contributed by atoms with Crippen LogP contribution in [0.5, 0.6) is 0 Å². The number of fused-ring (bicyclic) bond motifs is 1. The van der Waals surface area contributed by atoms with Crippen molar-refractivity contribution in [3.8, 4) is 11.4 Å². The van der Waals surface area contributed by atoms with Crippen LogP contribution in [0.4, 0.5) is 0 Å². The lowest BCUT2D eigenvalue weighted by molar-refractivity contribution is 0.961. The lowest BCUT2D eigenvalue weighted by Crippen LogP contribution is -1.84. The van der Waals surface area contributed by atoms with E-state index in [4.69, 9.17) is 0 Å². The van der Waals surface area contributed by atoms with Crippen LogP contribution in [0.3, 0.4) is 0 Å². The molecule has 3 aromatic rings. The van der Waals surface area contributed by atoms with Crippen LogP contribution in [-0.2, 0) is 0 Å². The second kappa shape index (κ2) is 2.70. The van der Waals surface area contributed by atoms with Gasteiger partial charge in [-0.15, -0.1) is 0 Å². The minimum Gasteiger partial charge on any atom is -0.345 e. The molecule has 0 bridgehead atoms. The molecule has 14 heavy (non-hydrogen) atoms. The number of aromatic nitrogens is 4. The quantitative estimate of drug-likeness (QED) is 0.626. The predicted octanol–water partition coefficient (Wildman–Crippen LogP) is 1.72. The molecule has 3 aromatic heterocycles. The normalized spacial score (nSPS) is 10.9. The molecular weight excluding hydrogens is 176 g/mol. The van der Waals surface area contributed by atoms with E-state index in [1.807, 2.05) is 41.3 Å². The molecular formula is C10H8N4. The van der Waals surface area contributed by atoms with Crippen molar-refractivity contribution in [1.82, 2.24) is 19.6 Å². The van der Waals surface area contributed by atoms with Crippen LogP contribution in [0.15, 0.2) is 43.0 Å². The molecule has 0 saturated heterocycles. The highest BCUT2D eigenvalue weighted by Gasteiger charge is 2.06. The third-order valence-corrected chi connectivity index (χ3v) is 2.18. The summed E-state index contributed by atoms with van der Waals surface area (Å²) in [5.74, 6) is 0.853. The highest BCUT2D eigenvalue weighted by Crippen LogP contribution is 2.19. The highest BCUT2D eigenvalue weighted by molar-refractivity contribution is 5.75. The summed E-state index contributed by atoms with van der Waals surface area (Å²) in [6.45, 7) is 0. The van der Waals surface area contributed by atoms with Crippen LogP contribution in [0.1, 0.15) is 0 Å². The zero-order chi connectivity index (χ0) is 9.38. The number of pyridine rings is 1. The third-order valence-electron chi connectivity index (χ3n) is 2.18. The number of hydrogen-bond donors (Lipinski definition) is 1. The summed E-state index contributed by atoms with van der Waals surface area (Å²) < 4.78 is 1.83. The lowest BCUT2D eigenvalue weighted by Gasteiger charge is -1.93. The third kappa shape index (κ3) is 0.939. The molecule has 0 fully saturated rings. The van der Waals surface area contributed by atoms with E-state index in [-0.39, 0.29) is 0 Å². The Kier molecular flexibility index (Phi) is 1.41.